The third-order valence-electron chi connectivity index (χ3n) is 6.98. The molecule has 0 radical (unpaired) electrons. The summed E-state index contributed by atoms with van der Waals surface area (Å²) in [7, 11) is 1.77. The van der Waals surface area contributed by atoms with Gasteiger partial charge in [-0.1, -0.05) is 38.1 Å². The van der Waals surface area contributed by atoms with E-state index in [2.05, 4.69) is 27.9 Å². The van der Waals surface area contributed by atoms with Crippen molar-refractivity contribution >= 4 is 17.7 Å². The summed E-state index contributed by atoms with van der Waals surface area (Å²) in [5.74, 6) is -0.576. The number of aryl methyl sites for hydroxylation is 2. The van der Waals surface area contributed by atoms with Crippen molar-refractivity contribution in [3.8, 4) is 0 Å². The van der Waals surface area contributed by atoms with Gasteiger partial charge in [-0.3, -0.25) is 19.1 Å². The van der Waals surface area contributed by atoms with Crippen LogP contribution in [0.15, 0.2) is 30.3 Å². The van der Waals surface area contributed by atoms with E-state index >= 15 is 0 Å². The van der Waals surface area contributed by atoms with Crippen molar-refractivity contribution in [2.75, 3.05) is 0 Å². The van der Waals surface area contributed by atoms with Gasteiger partial charge in [-0.2, -0.15) is 5.10 Å². The minimum Gasteiger partial charge on any atom is -0.352 e. The van der Waals surface area contributed by atoms with Gasteiger partial charge in [-0.15, -0.1) is 0 Å². The summed E-state index contributed by atoms with van der Waals surface area (Å²) in [5.41, 5.74) is 3.78. The quantitative estimate of drug-likeness (QED) is 0.638. The number of piperazine rings is 1. The number of rotatable bonds is 7. The molecule has 0 saturated carbocycles. The van der Waals surface area contributed by atoms with Gasteiger partial charge in [0.1, 0.15) is 12.1 Å². The van der Waals surface area contributed by atoms with Crippen LogP contribution in [0.2, 0.25) is 0 Å². The normalized spacial score (nSPS) is 21.4. The lowest BCUT2D eigenvalue weighted by Gasteiger charge is -2.44. The van der Waals surface area contributed by atoms with Crippen LogP contribution in [0.4, 0.5) is 0 Å². The molecule has 1 aliphatic carbocycles. The first-order chi connectivity index (χ1) is 16.6. The fourth-order valence-electron chi connectivity index (χ4n) is 5.53. The Kier molecular flexibility index (Phi) is 7.01. The van der Waals surface area contributed by atoms with Crippen LogP contribution in [0.3, 0.4) is 0 Å². The van der Waals surface area contributed by atoms with Crippen LogP contribution in [0.5, 0.6) is 0 Å². The zero-order valence-electron chi connectivity index (χ0n) is 21.5. The predicted molar refractivity (Wildman–Crippen MR) is 133 cm³/mol. The zero-order chi connectivity index (χ0) is 25.4. The molecule has 3 unspecified atom stereocenters. The first kappa shape index (κ1) is 24.9. The van der Waals surface area contributed by atoms with Crippen molar-refractivity contribution in [1.29, 1.82) is 0 Å². The third kappa shape index (κ3) is 4.97. The van der Waals surface area contributed by atoms with E-state index in [0.717, 1.165) is 18.5 Å². The van der Waals surface area contributed by atoms with E-state index in [9.17, 15) is 14.4 Å². The maximum absolute atomic E-state index is 14.2. The van der Waals surface area contributed by atoms with Gasteiger partial charge in [0, 0.05) is 13.1 Å². The Labute approximate surface area is 207 Å². The van der Waals surface area contributed by atoms with Crippen LogP contribution in [0.1, 0.15) is 62.7 Å². The standard InChI is InChI=1S/C27H37N5O3/c1-15(2)11-22-25(33)29-23(20-13-18-9-7-8-10-19(18)14-20)27(35)32(22)24(26(34)28-16(3)4)21-12-17(5)30-31(21)6/h7-10,12,15-16,20,22-24H,11,13-14H2,1-6H3,(H,28,34)(H,29,33). The average molecular weight is 480 g/mol. The molecule has 8 nitrogen and oxygen atoms in total. The Balaban J connectivity index is 1.76. The molecule has 2 aliphatic rings. The molecule has 1 aromatic heterocycles. The molecule has 0 bridgehead atoms. The first-order valence-corrected chi connectivity index (χ1v) is 12.6. The number of fused-ring (bicyclic) bond motifs is 1. The lowest BCUT2D eigenvalue weighted by Crippen LogP contribution is -2.67. The highest BCUT2D eigenvalue weighted by Crippen LogP contribution is 2.35. The number of hydrogen-bond donors (Lipinski definition) is 2. The number of carbonyl (C=O) groups is 3. The van der Waals surface area contributed by atoms with Gasteiger partial charge in [0.15, 0.2) is 6.04 Å². The molecule has 2 aromatic rings. The van der Waals surface area contributed by atoms with Crippen molar-refractivity contribution in [1.82, 2.24) is 25.3 Å². The van der Waals surface area contributed by atoms with Crippen LogP contribution in [-0.2, 0) is 34.3 Å². The predicted octanol–water partition coefficient (Wildman–Crippen LogP) is 2.45. The SMILES string of the molecule is Cc1cc(C(C(=O)NC(C)C)N2C(=O)C(C3Cc4ccccc4C3)NC(=O)C2CC(C)C)n(C)n1. The number of aromatic nitrogens is 2. The van der Waals surface area contributed by atoms with Gasteiger partial charge >= 0.3 is 0 Å². The van der Waals surface area contributed by atoms with E-state index in [1.165, 1.54) is 11.1 Å². The lowest BCUT2D eigenvalue weighted by atomic mass is 9.88. The van der Waals surface area contributed by atoms with Gasteiger partial charge in [-0.05, 0) is 69.1 Å². The van der Waals surface area contributed by atoms with Crippen LogP contribution in [-0.4, -0.2) is 50.5 Å². The molecule has 1 saturated heterocycles. The average Bonchev–Trinajstić information content (AvgIpc) is 3.34. The number of hydrogen-bond acceptors (Lipinski definition) is 4. The van der Waals surface area contributed by atoms with Crippen molar-refractivity contribution in [3.05, 3.63) is 52.8 Å². The summed E-state index contributed by atoms with van der Waals surface area (Å²) in [5, 5.41) is 10.5. The molecule has 2 N–H and O–H groups in total. The Morgan fingerprint density at radius 1 is 1.14 bits per heavy atom. The molecule has 188 valence electrons. The highest BCUT2D eigenvalue weighted by molar-refractivity contribution is 6.00. The number of amides is 3. The summed E-state index contributed by atoms with van der Waals surface area (Å²) in [4.78, 5) is 42.9. The summed E-state index contributed by atoms with van der Waals surface area (Å²) in [6.07, 6.45) is 1.92. The van der Waals surface area contributed by atoms with E-state index < -0.39 is 18.1 Å². The molecule has 4 rings (SSSR count). The zero-order valence-corrected chi connectivity index (χ0v) is 21.5. The molecule has 3 atom stereocenters. The Morgan fingerprint density at radius 3 is 2.29 bits per heavy atom. The molecule has 3 amide bonds. The minimum absolute atomic E-state index is 0.0477. The van der Waals surface area contributed by atoms with Gasteiger partial charge in [0.25, 0.3) is 0 Å². The van der Waals surface area contributed by atoms with Gasteiger partial charge in [0.05, 0.1) is 11.4 Å². The fourth-order valence-corrected chi connectivity index (χ4v) is 5.53. The van der Waals surface area contributed by atoms with Crippen molar-refractivity contribution in [2.45, 2.75) is 78.0 Å². The van der Waals surface area contributed by atoms with E-state index in [0.29, 0.717) is 12.1 Å². The van der Waals surface area contributed by atoms with E-state index in [1.807, 2.05) is 52.8 Å². The smallest absolute Gasteiger partial charge is 0.249 e. The van der Waals surface area contributed by atoms with Crippen molar-refractivity contribution in [2.24, 2.45) is 18.9 Å². The monoisotopic (exact) mass is 479 g/mol. The Morgan fingerprint density at radius 2 is 1.77 bits per heavy atom. The van der Waals surface area contributed by atoms with Crippen LogP contribution < -0.4 is 10.6 Å². The molecule has 8 heteroatoms. The number of nitrogens with one attached hydrogen (secondary N) is 2. The molecule has 1 fully saturated rings. The minimum atomic E-state index is -0.947. The van der Waals surface area contributed by atoms with E-state index in [-0.39, 0.29) is 35.6 Å². The van der Waals surface area contributed by atoms with Crippen molar-refractivity contribution < 1.29 is 14.4 Å². The molecule has 2 heterocycles. The van der Waals surface area contributed by atoms with Crippen LogP contribution >= 0.6 is 0 Å². The van der Waals surface area contributed by atoms with Gasteiger partial charge < -0.3 is 15.5 Å². The summed E-state index contributed by atoms with van der Waals surface area (Å²) in [6, 6.07) is 7.53. The first-order valence-electron chi connectivity index (χ1n) is 12.6. The van der Waals surface area contributed by atoms with Crippen molar-refractivity contribution in [3.63, 3.8) is 0 Å². The summed E-state index contributed by atoms with van der Waals surface area (Å²) >= 11 is 0. The second-order valence-corrected chi connectivity index (χ2v) is 10.7. The highest BCUT2D eigenvalue weighted by Gasteiger charge is 2.50. The Bertz CT molecular complexity index is 1100. The number of carbonyl (C=O) groups excluding carboxylic acids is 3. The summed E-state index contributed by atoms with van der Waals surface area (Å²) < 4.78 is 1.65. The second-order valence-electron chi connectivity index (χ2n) is 10.7. The molecule has 0 spiro atoms. The third-order valence-corrected chi connectivity index (χ3v) is 6.98. The van der Waals surface area contributed by atoms with E-state index in [4.69, 9.17) is 0 Å². The molecule has 1 aliphatic heterocycles. The van der Waals surface area contributed by atoms with Crippen LogP contribution in [0.25, 0.3) is 0 Å². The maximum Gasteiger partial charge on any atom is 0.249 e. The topological polar surface area (TPSA) is 96.3 Å². The van der Waals surface area contributed by atoms with Gasteiger partial charge in [0.2, 0.25) is 17.7 Å². The van der Waals surface area contributed by atoms with Crippen LogP contribution in [0, 0.1) is 18.8 Å². The van der Waals surface area contributed by atoms with Gasteiger partial charge in [-0.25, -0.2) is 0 Å². The second kappa shape index (κ2) is 9.84. The number of benzene rings is 1. The van der Waals surface area contributed by atoms with E-state index in [1.54, 1.807) is 16.6 Å². The highest BCUT2D eigenvalue weighted by atomic mass is 16.2. The molecular weight excluding hydrogens is 442 g/mol. The molecule has 1 aromatic carbocycles. The largest absolute Gasteiger partial charge is 0.352 e. The fraction of sp³-hybridized carbons (Fsp3) is 0.556. The maximum atomic E-state index is 14.2. The summed E-state index contributed by atoms with van der Waals surface area (Å²) in [6.45, 7) is 9.67. The number of nitrogens with zero attached hydrogens (tertiary/aromatic N) is 3. The molecule has 35 heavy (non-hydrogen) atoms. The Hall–Kier alpha value is -3.16. The molecular formula is C27H37N5O3. The lowest BCUT2D eigenvalue weighted by molar-refractivity contribution is -0.158.